The van der Waals surface area contributed by atoms with Gasteiger partial charge >= 0.3 is 0 Å². The lowest BCUT2D eigenvalue weighted by molar-refractivity contribution is 0.108. The van der Waals surface area contributed by atoms with Crippen LogP contribution in [0, 0.1) is 0 Å². The van der Waals surface area contributed by atoms with Gasteiger partial charge in [0, 0.05) is 23.3 Å². The molecule has 0 amide bonds. The van der Waals surface area contributed by atoms with Gasteiger partial charge in [0.25, 0.3) is 0 Å². The zero-order chi connectivity index (χ0) is 17.7. The lowest BCUT2D eigenvalue weighted by atomic mass is 9.93. The molecule has 0 unspecified atom stereocenters. The van der Waals surface area contributed by atoms with Crippen molar-refractivity contribution in [2.24, 2.45) is 0 Å². The number of H-pyrrole nitrogens is 1. The Kier molecular flexibility index (Phi) is 3.43. The Balaban J connectivity index is 1.62. The number of hydrogen-bond acceptors (Lipinski definition) is 5. The maximum Gasteiger partial charge on any atom is 0.135 e. The Morgan fingerprint density at radius 2 is 1.96 bits per heavy atom. The van der Waals surface area contributed by atoms with E-state index in [1.54, 1.807) is 6.20 Å². The molecule has 7 heteroatoms. The molecule has 0 spiro atoms. The van der Waals surface area contributed by atoms with Crippen molar-refractivity contribution in [3.63, 3.8) is 0 Å². The first kappa shape index (κ1) is 15.3. The molecular weight excluding hydrogens is 328 g/mol. The SMILES string of the molecule is Nc1nc2cc(-c3cc[nH]n3)ccc2c2nn([C@H]3CC[C@H](O)CC3)cc12. The Bertz CT molecular complexity index is 1080. The molecule has 4 N–H and O–H groups in total. The average molecular weight is 348 g/mol. The van der Waals surface area contributed by atoms with Gasteiger partial charge in [0.15, 0.2) is 0 Å². The molecule has 1 aliphatic carbocycles. The van der Waals surface area contributed by atoms with Crippen molar-refractivity contribution >= 4 is 27.6 Å². The number of aliphatic hydroxyl groups is 1. The van der Waals surface area contributed by atoms with Crippen LogP contribution in [-0.4, -0.2) is 36.2 Å². The van der Waals surface area contributed by atoms with Crippen molar-refractivity contribution in [1.29, 1.82) is 0 Å². The summed E-state index contributed by atoms with van der Waals surface area (Å²) in [7, 11) is 0. The number of fused-ring (bicyclic) bond motifs is 3. The maximum absolute atomic E-state index is 9.74. The summed E-state index contributed by atoms with van der Waals surface area (Å²) >= 11 is 0. The van der Waals surface area contributed by atoms with E-state index in [1.165, 1.54) is 0 Å². The molecule has 3 heterocycles. The highest BCUT2D eigenvalue weighted by Crippen LogP contribution is 2.33. The highest BCUT2D eigenvalue weighted by molar-refractivity contribution is 6.08. The van der Waals surface area contributed by atoms with Crippen LogP contribution in [0.1, 0.15) is 31.7 Å². The van der Waals surface area contributed by atoms with Crippen LogP contribution in [0.25, 0.3) is 33.1 Å². The van der Waals surface area contributed by atoms with E-state index in [1.807, 2.05) is 35.1 Å². The molecule has 7 nitrogen and oxygen atoms in total. The summed E-state index contributed by atoms with van der Waals surface area (Å²) in [6.45, 7) is 0. The maximum atomic E-state index is 9.74. The lowest BCUT2D eigenvalue weighted by Gasteiger charge is -2.25. The summed E-state index contributed by atoms with van der Waals surface area (Å²) in [4.78, 5) is 4.59. The van der Waals surface area contributed by atoms with Gasteiger partial charge in [-0.15, -0.1) is 0 Å². The number of hydrogen-bond donors (Lipinski definition) is 3. The number of pyridine rings is 1. The lowest BCUT2D eigenvalue weighted by Crippen LogP contribution is -2.21. The van der Waals surface area contributed by atoms with Crippen LogP contribution in [0.5, 0.6) is 0 Å². The third kappa shape index (κ3) is 2.43. The number of nitrogens with zero attached hydrogens (tertiary/aromatic N) is 4. The van der Waals surface area contributed by atoms with E-state index in [0.29, 0.717) is 11.9 Å². The fraction of sp³-hybridized carbons (Fsp3) is 0.316. The number of anilines is 1. The van der Waals surface area contributed by atoms with Gasteiger partial charge in [-0.3, -0.25) is 9.78 Å². The van der Waals surface area contributed by atoms with E-state index in [4.69, 9.17) is 10.8 Å². The number of aromatic nitrogens is 5. The van der Waals surface area contributed by atoms with E-state index < -0.39 is 0 Å². The fourth-order valence-electron chi connectivity index (χ4n) is 3.88. The topological polar surface area (TPSA) is 106 Å². The van der Waals surface area contributed by atoms with Crippen LogP contribution in [0.15, 0.2) is 36.7 Å². The van der Waals surface area contributed by atoms with Gasteiger partial charge in [0.2, 0.25) is 0 Å². The Morgan fingerprint density at radius 1 is 1.12 bits per heavy atom. The first-order chi connectivity index (χ1) is 12.7. The first-order valence-electron chi connectivity index (χ1n) is 8.95. The molecule has 1 aliphatic rings. The van der Waals surface area contributed by atoms with Crippen LogP contribution in [0.2, 0.25) is 0 Å². The van der Waals surface area contributed by atoms with E-state index in [2.05, 4.69) is 15.2 Å². The van der Waals surface area contributed by atoms with Gasteiger partial charge in [-0.1, -0.05) is 6.07 Å². The number of benzene rings is 1. The van der Waals surface area contributed by atoms with Gasteiger partial charge < -0.3 is 10.8 Å². The molecule has 0 atom stereocenters. The Morgan fingerprint density at radius 3 is 2.73 bits per heavy atom. The summed E-state index contributed by atoms with van der Waals surface area (Å²) in [6.07, 6.45) is 7.14. The van der Waals surface area contributed by atoms with E-state index in [9.17, 15) is 5.11 Å². The second kappa shape index (κ2) is 5.81. The Hall–Kier alpha value is -2.93. The number of aliphatic hydroxyl groups excluding tert-OH is 1. The third-order valence-electron chi connectivity index (χ3n) is 5.34. The number of rotatable bonds is 2. The van der Waals surface area contributed by atoms with Gasteiger partial charge in [0.05, 0.1) is 28.7 Å². The van der Waals surface area contributed by atoms with Crippen molar-refractivity contribution in [2.45, 2.75) is 37.8 Å². The van der Waals surface area contributed by atoms with Crippen LogP contribution >= 0.6 is 0 Å². The summed E-state index contributed by atoms with van der Waals surface area (Å²) in [5.74, 6) is 0.494. The standard InChI is InChI=1S/C19H20N6O/c20-19-15-10-25(12-2-4-13(26)5-3-12)24-18(15)14-6-1-11(9-17(14)22-19)16-7-8-21-23-16/h1,6-10,12-13,26H,2-5H2,(H2,20,22)(H,21,23)/t12-,13-. The zero-order valence-electron chi connectivity index (χ0n) is 14.3. The van der Waals surface area contributed by atoms with Gasteiger partial charge in [-0.2, -0.15) is 10.2 Å². The minimum atomic E-state index is -0.177. The van der Waals surface area contributed by atoms with E-state index in [-0.39, 0.29) is 6.10 Å². The summed E-state index contributed by atoms with van der Waals surface area (Å²) < 4.78 is 2.01. The fourth-order valence-corrected chi connectivity index (χ4v) is 3.88. The summed E-state index contributed by atoms with van der Waals surface area (Å²) in [5, 5.41) is 23.5. The molecule has 0 aliphatic heterocycles. The van der Waals surface area contributed by atoms with Crippen molar-refractivity contribution < 1.29 is 5.11 Å². The van der Waals surface area contributed by atoms with Gasteiger partial charge in [0.1, 0.15) is 11.3 Å². The molecule has 26 heavy (non-hydrogen) atoms. The molecule has 1 saturated carbocycles. The predicted molar refractivity (Wildman–Crippen MR) is 101 cm³/mol. The quantitative estimate of drug-likeness (QED) is 0.516. The van der Waals surface area contributed by atoms with Crippen molar-refractivity contribution in [1.82, 2.24) is 25.0 Å². The van der Waals surface area contributed by atoms with Crippen molar-refractivity contribution in [3.8, 4) is 11.3 Å². The summed E-state index contributed by atoms with van der Waals surface area (Å²) in [5.41, 5.74) is 9.80. The van der Waals surface area contributed by atoms with Gasteiger partial charge in [-0.25, -0.2) is 4.98 Å². The molecule has 5 rings (SSSR count). The number of nitrogen functional groups attached to an aromatic ring is 1. The molecule has 0 bridgehead atoms. The van der Waals surface area contributed by atoms with Crippen LogP contribution in [-0.2, 0) is 0 Å². The van der Waals surface area contributed by atoms with Crippen molar-refractivity contribution in [2.75, 3.05) is 5.73 Å². The van der Waals surface area contributed by atoms with E-state index >= 15 is 0 Å². The minimum absolute atomic E-state index is 0.177. The van der Waals surface area contributed by atoms with Crippen LogP contribution < -0.4 is 5.73 Å². The molecule has 3 aromatic heterocycles. The normalized spacial score (nSPS) is 20.8. The molecule has 132 valence electrons. The predicted octanol–water partition coefficient (Wildman–Crippen LogP) is 3.03. The zero-order valence-corrected chi connectivity index (χ0v) is 14.3. The largest absolute Gasteiger partial charge is 0.393 e. The van der Waals surface area contributed by atoms with Gasteiger partial charge in [-0.05, 0) is 43.9 Å². The average Bonchev–Trinajstić information content (AvgIpc) is 3.32. The summed E-state index contributed by atoms with van der Waals surface area (Å²) in [6, 6.07) is 8.30. The van der Waals surface area contributed by atoms with Crippen LogP contribution in [0.4, 0.5) is 5.82 Å². The minimum Gasteiger partial charge on any atom is -0.393 e. The highest BCUT2D eigenvalue weighted by Gasteiger charge is 2.22. The monoisotopic (exact) mass is 348 g/mol. The molecule has 1 fully saturated rings. The number of nitrogens with one attached hydrogen (secondary N) is 1. The molecule has 0 radical (unpaired) electrons. The van der Waals surface area contributed by atoms with E-state index in [0.717, 1.165) is 58.7 Å². The second-order valence-electron chi connectivity index (χ2n) is 7.02. The van der Waals surface area contributed by atoms with Crippen LogP contribution in [0.3, 0.4) is 0 Å². The van der Waals surface area contributed by atoms with Crippen molar-refractivity contribution in [3.05, 3.63) is 36.7 Å². The first-order valence-corrected chi connectivity index (χ1v) is 8.95. The number of aromatic amines is 1. The molecule has 4 aromatic rings. The third-order valence-corrected chi connectivity index (χ3v) is 5.34. The molecule has 1 aromatic carbocycles. The Labute approximate surface area is 149 Å². The number of nitrogens with two attached hydrogens (primary N) is 1. The second-order valence-corrected chi connectivity index (χ2v) is 7.02. The highest BCUT2D eigenvalue weighted by atomic mass is 16.3. The molecule has 0 saturated heterocycles. The smallest absolute Gasteiger partial charge is 0.135 e. The molecular formula is C19H20N6O.